The molecule has 3 heteroatoms. The fourth-order valence-corrected chi connectivity index (χ4v) is 7.62. The second-order valence-electron chi connectivity index (χ2n) is 10.9. The van der Waals surface area contributed by atoms with Crippen LogP contribution >= 0.6 is 11.3 Å². The van der Waals surface area contributed by atoms with Crippen LogP contribution in [0.25, 0.3) is 64.0 Å². The Labute approximate surface area is 252 Å². The Kier molecular flexibility index (Phi) is 5.40. The lowest BCUT2D eigenvalue weighted by Gasteiger charge is -2.26. The molecule has 0 aliphatic carbocycles. The molecule has 9 aromatic rings. The SMILES string of the molecule is c1ccc(-c2cccc(N(c3ccc4c(c3)sc3ccc5ccccc5c34)c3cccc4c3oc3ccccc34)c2)cc1. The molecule has 0 bridgehead atoms. The number of benzene rings is 7. The van der Waals surface area contributed by atoms with Gasteiger partial charge in [-0.25, -0.2) is 0 Å². The van der Waals surface area contributed by atoms with Gasteiger partial charge in [0.1, 0.15) is 5.58 Å². The van der Waals surface area contributed by atoms with E-state index in [9.17, 15) is 0 Å². The first-order valence-electron chi connectivity index (χ1n) is 14.5. The molecule has 2 nitrogen and oxygen atoms in total. The third-order valence-electron chi connectivity index (χ3n) is 8.44. The van der Waals surface area contributed by atoms with E-state index in [0.29, 0.717) is 0 Å². The van der Waals surface area contributed by atoms with Crippen LogP contribution in [0.4, 0.5) is 17.1 Å². The number of furan rings is 1. The monoisotopic (exact) mass is 567 g/mol. The Morgan fingerprint density at radius 1 is 0.465 bits per heavy atom. The van der Waals surface area contributed by atoms with Crippen LogP contribution in [0, 0.1) is 0 Å². The summed E-state index contributed by atoms with van der Waals surface area (Å²) in [6.07, 6.45) is 0. The number of anilines is 3. The van der Waals surface area contributed by atoms with Crippen LogP contribution in [0.1, 0.15) is 0 Å². The van der Waals surface area contributed by atoms with Crippen LogP contribution in [-0.2, 0) is 0 Å². The van der Waals surface area contributed by atoms with Crippen molar-refractivity contribution >= 4 is 81.3 Å². The molecule has 2 heterocycles. The third kappa shape index (κ3) is 3.86. The smallest absolute Gasteiger partial charge is 0.159 e. The Morgan fingerprint density at radius 2 is 1.21 bits per heavy atom. The molecule has 0 aliphatic heterocycles. The molecule has 2 aromatic heterocycles. The van der Waals surface area contributed by atoms with Gasteiger partial charge in [-0.3, -0.25) is 0 Å². The molecule has 0 amide bonds. The maximum absolute atomic E-state index is 6.57. The summed E-state index contributed by atoms with van der Waals surface area (Å²) < 4.78 is 9.14. The van der Waals surface area contributed by atoms with Crippen LogP contribution in [0.3, 0.4) is 0 Å². The Bertz CT molecular complexity index is 2470. The van der Waals surface area contributed by atoms with Crippen molar-refractivity contribution in [3.05, 3.63) is 152 Å². The van der Waals surface area contributed by atoms with Crippen LogP contribution in [0.2, 0.25) is 0 Å². The van der Waals surface area contributed by atoms with E-state index in [1.54, 1.807) is 0 Å². The Balaban J connectivity index is 1.31. The predicted octanol–water partition coefficient (Wildman–Crippen LogP) is 12.2. The van der Waals surface area contributed by atoms with Gasteiger partial charge >= 0.3 is 0 Å². The molecule has 43 heavy (non-hydrogen) atoms. The molecule has 7 aromatic carbocycles. The number of rotatable bonds is 4. The summed E-state index contributed by atoms with van der Waals surface area (Å²) in [5, 5.41) is 7.45. The summed E-state index contributed by atoms with van der Waals surface area (Å²) >= 11 is 1.86. The van der Waals surface area contributed by atoms with Gasteiger partial charge in [0.2, 0.25) is 0 Å². The quantitative estimate of drug-likeness (QED) is 0.210. The zero-order chi connectivity index (χ0) is 28.3. The standard InChI is InChI=1S/C40H25NOS/c1-2-10-26(11-3-1)28-13-8-14-29(24-28)41(35-18-9-17-33-32-16-6-7-19-36(32)42-40(33)35)30-21-22-34-38(25-30)43-37-23-20-27-12-4-5-15-31(27)39(34)37/h1-25H. The van der Waals surface area contributed by atoms with Crippen LogP contribution < -0.4 is 4.90 Å². The summed E-state index contributed by atoms with van der Waals surface area (Å²) in [7, 11) is 0. The molecule has 0 unspecified atom stereocenters. The van der Waals surface area contributed by atoms with Gasteiger partial charge in [-0.05, 0) is 64.4 Å². The molecule has 9 rings (SSSR count). The van der Waals surface area contributed by atoms with E-state index in [1.807, 2.05) is 23.5 Å². The molecule has 0 radical (unpaired) electrons. The number of thiophene rings is 1. The first kappa shape index (κ1) is 24.2. The molecular formula is C40H25NOS. The number of para-hydroxylation sites is 2. The zero-order valence-corrected chi connectivity index (χ0v) is 24.0. The normalized spacial score (nSPS) is 11.7. The van der Waals surface area contributed by atoms with Crippen molar-refractivity contribution < 1.29 is 4.42 Å². The van der Waals surface area contributed by atoms with Crippen LogP contribution in [0.15, 0.2) is 156 Å². The van der Waals surface area contributed by atoms with E-state index in [2.05, 4.69) is 144 Å². The highest BCUT2D eigenvalue weighted by molar-refractivity contribution is 7.26. The minimum Gasteiger partial charge on any atom is -0.454 e. The van der Waals surface area contributed by atoms with Crippen molar-refractivity contribution in [2.45, 2.75) is 0 Å². The van der Waals surface area contributed by atoms with Crippen LogP contribution in [0.5, 0.6) is 0 Å². The predicted molar refractivity (Wildman–Crippen MR) is 184 cm³/mol. The summed E-state index contributed by atoms with van der Waals surface area (Å²) in [4.78, 5) is 2.35. The molecule has 0 saturated heterocycles. The minimum absolute atomic E-state index is 0.885. The highest BCUT2D eigenvalue weighted by Gasteiger charge is 2.21. The maximum Gasteiger partial charge on any atom is 0.159 e. The highest BCUT2D eigenvalue weighted by Crippen LogP contribution is 2.45. The summed E-state index contributed by atoms with van der Waals surface area (Å²) in [6, 6.07) is 54.2. The average Bonchev–Trinajstić information content (AvgIpc) is 3.64. The van der Waals surface area contributed by atoms with Crippen molar-refractivity contribution in [2.75, 3.05) is 4.90 Å². The van der Waals surface area contributed by atoms with E-state index in [-0.39, 0.29) is 0 Å². The van der Waals surface area contributed by atoms with Crippen molar-refractivity contribution in [2.24, 2.45) is 0 Å². The summed E-state index contributed by atoms with van der Waals surface area (Å²) in [6.45, 7) is 0. The molecular weight excluding hydrogens is 543 g/mol. The van der Waals surface area contributed by atoms with E-state index >= 15 is 0 Å². The lowest BCUT2D eigenvalue weighted by molar-refractivity contribution is 0.669. The fraction of sp³-hybridized carbons (Fsp3) is 0. The van der Waals surface area contributed by atoms with Crippen molar-refractivity contribution in [1.82, 2.24) is 0 Å². The minimum atomic E-state index is 0.885. The lowest BCUT2D eigenvalue weighted by atomic mass is 10.0. The van der Waals surface area contributed by atoms with Crippen molar-refractivity contribution in [3.63, 3.8) is 0 Å². The molecule has 0 atom stereocenters. The molecule has 0 N–H and O–H groups in total. The molecule has 0 saturated carbocycles. The van der Waals surface area contributed by atoms with Gasteiger partial charge in [-0.2, -0.15) is 0 Å². The second-order valence-corrected chi connectivity index (χ2v) is 12.0. The summed E-state index contributed by atoms with van der Waals surface area (Å²) in [5.41, 5.74) is 7.35. The van der Waals surface area contributed by atoms with Gasteiger partial charge in [0.25, 0.3) is 0 Å². The van der Waals surface area contributed by atoms with E-state index < -0.39 is 0 Å². The largest absolute Gasteiger partial charge is 0.454 e. The Hall–Kier alpha value is -5.38. The van der Waals surface area contributed by atoms with E-state index in [1.165, 1.54) is 42.1 Å². The molecule has 0 spiro atoms. The van der Waals surface area contributed by atoms with Gasteiger partial charge in [0.05, 0.1) is 5.69 Å². The first-order chi connectivity index (χ1) is 21.3. The van der Waals surface area contributed by atoms with Gasteiger partial charge in [0.15, 0.2) is 5.58 Å². The third-order valence-corrected chi connectivity index (χ3v) is 9.56. The van der Waals surface area contributed by atoms with E-state index in [0.717, 1.165) is 39.0 Å². The zero-order valence-electron chi connectivity index (χ0n) is 23.2. The van der Waals surface area contributed by atoms with Gasteiger partial charge < -0.3 is 9.32 Å². The topological polar surface area (TPSA) is 16.4 Å². The molecule has 0 fully saturated rings. The fourth-order valence-electron chi connectivity index (χ4n) is 6.46. The van der Waals surface area contributed by atoms with Gasteiger partial charge in [0, 0.05) is 42.3 Å². The molecule has 0 aliphatic rings. The second kappa shape index (κ2) is 9.59. The van der Waals surface area contributed by atoms with Crippen molar-refractivity contribution in [1.29, 1.82) is 0 Å². The van der Waals surface area contributed by atoms with Crippen molar-refractivity contribution in [3.8, 4) is 11.1 Å². The number of fused-ring (bicyclic) bond motifs is 8. The number of hydrogen-bond donors (Lipinski definition) is 0. The van der Waals surface area contributed by atoms with E-state index in [4.69, 9.17) is 4.42 Å². The number of hydrogen-bond acceptors (Lipinski definition) is 3. The van der Waals surface area contributed by atoms with Crippen LogP contribution in [-0.4, -0.2) is 0 Å². The lowest BCUT2D eigenvalue weighted by Crippen LogP contribution is -2.10. The Morgan fingerprint density at radius 3 is 2.14 bits per heavy atom. The maximum atomic E-state index is 6.57. The number of nitrogens with zero attached hydrogens (tertiary/aromatic N) is 1. The summed E-state index contributed by atoms with van der Waals surface area (Å²) in [5.74, 6) is 0. The highest BCUT2D eigenvalue weighted by atomic mass is 32.1. The molecule has 202 valence electrons. The first-order valence-corrected chi connectivity index (χ1v) is 15.3. The average molecular weight is 568 g/mol. The van der Waals surface area contributed by atoms with Gasteiger partial charge in [-0.1, -0.05) is 109 Å². The van der Waals surface area contributed by atoms with Gasteiger partial charge in [-0.15, -0.1) is 11.3 Å².